The molecule has 114 valence electrons. The second-order valence-corrected chi connectivity index (χ2v) is 4.59. The summed E-state index contributed by atoms with van der Waals surface area (Å²) in [6.45, 7) is 3.44. The molecule has 0 aromatic carbocycles. The second-order valence-electron chi connectivity index (χ2n) is 4.59. The van der Waals surface area contributed by atoms with E-state index < -0.39 is 22.8 Å². The van der Waals surface area contributed by atoms with Gasteiger partial charge in [-0.1, -0.05) is 19.8 Å². The van der Waals surface area contributed by atoms with Crippen LogP contribution < -0.4 is 5.32 Å². The molecule has 1 rings (SSSR count). The first-order valence-corrected chi connectivity index (χ1v) is 6.51. The zero-order valence-corrected chi connectivity index (χ0v) is 11.8. The Balaban J connectivity index is 2.94. The van der Waals surface area contributed by atoms with Crippen molar-refractivity contribution >= 4 is 17.6 Å². The molecule has 0 aliphatic carbocycles. The van der Waals surface area contributed by atoms with Gasteiger partial charge in [0.05, 0.1) is 16.2 Å². The lowest BCUT2D eigenvalue weighted by Crippen LogP contribution is -2.41. The van der Waals surface area contributed by atoms with E-state index in [1.807, 2.05) is 6.92 Å². The molecule has 1 aromatic heterocycles. The van der Waals surface area contributed by atoms with Crippen LogP contribution >= 0.6 is 0 Å². The molecule has 0 saturated heterocycles. The Morgan fingerprint density at radius 2 is 2.19 bits per heavy atom. The van der Waals surface area contributed by atoms with E-state index in [2.05, 4.69) is 10.3 Å². The number of nitrogens with zero attached hydrogens (tertiary/aromatic N) is 2. The Labute approximate surface area is 121 Å². The first-order chi connectivity index (χ1) is 9.86. The minimum atomic E-state index is -1.13. The third-order valence-electron chi connectivity index (χ3n) is 2.98. The maximum atomic E-state index is 12.1. The molecule has 0 bridgehead atoms. The van der Waals surface area contributed by atoms with Crippen molar-refractivity contribution in [3.63, 3.8) is 0 Å². The molecular weight excluding hydrogens is 278 g/mol. The van der Waals surface area contributed by atoms with Gasteiger partial charge in [-0.05, 0) is 13.3 Å². The number of aryl methyl sites for hydroxylation is 1. The number of carbonyl (C=O) groups is 2. The van der Waals surface area contributed by atoms with Gasteiger partial charge >= 0.3 is 5.97 Å². The maximum Gasteiger partial charge on any atom is 0.326 e. The summed E-state index contributed by atoms with van der Waals surface area (Å²) in [7, 11) is 0. The summed E-state index contributed by atoms with van der Waals surface area (Å²) in [5, 5.41) is 22.1. The van der Waals surface area contributed by atoms with Gasteiger partial charge in [-0.25, -0.2) is 4.79 Å². The molecular formula is C13H17N3O5. The van der Waals surface area contributed by atoms with Gasteiger partial charge in [0.15, 0.2) is 0 Å². The number of hydrogen-bond donors (Lipinski definition) is 2. The van der Waals surface area contributed by atoms with E-state index in [1.54, 1.807) is 0 Å². The van der Waals surface area contributed by atoms with Crippen molar-refractivity contribution in [3.8, 4) is 0 Å². The van der Waals surface area contributed by atoms with Gasteiger partial charge in [0, 0.05) is 6.07 Å². The Hall–Kier alpha value is -2.51. The highest BCUT2D eigenvalue weighted by atomic mass is 16.6. The molecule has 8 heteroatoms. The molecule has 1 amide bonds. The molecule has 0 radical (unpaired) electrons. The van der Waals surface area contributed by atoms with Gasteiger partial charge in [0.25, 0.3) is 11.6 Å². The number of pyridine rings is 1. The van der Waals surface area contributed by atoms with Crippen molar-refractivity contribution in [2.45, 2.75) is 39.2 Å². The quantitative estimate of drug-likeness (QED) is 0.582. The molecule has 0 aliphatic rings. The number of amides is 1. The summed E-state index contributed by atoms with van der Waals surface area (Å²) in [6, 6.07) is 0.0762. The van der Waals surface area contributed by atoms with Crippen LogP contribution in [0.2, 0.25) is 0 Å². The van der Waals surface area contributed by atoms with Crippen LogP contribution in [0.25, 0.3) is 0 Å². The standard InChI is InChI=1S/C13H17N3O5/c1-3-4-5-11(13(18)19)15-12(17)10-6-9(16(20)21)7-14-8(10)2/h6-7,11H,3-5H2,1-2H3,(H,15,17)(H,18,19). The molecule has 1 aromatic rings. The topological polar surface area (TPSA) is 122 Å². The summed E-state index contributed by atoms with van der Waals surface area (Å²) in [5.41, 5.74) is -0.00383. The van der Waals surface area contributed by atoms with Crippen molar-refractivity contribution in [1.82, 2.24) is 10.3 Å². The van der Waals surface area contributed by atoms with Crippen molar-refractivity contribution in [1.29, 1.82) is 0 Å². The highest BCUT2D eigenvalue weighted by Crippen LogP contribution is 2.15. The van der Waals surface area contributed by atoms with Crippen LogP contribution in [0.4, 0.5) is 5.69 Å². The van der Waals surface area contributed by atoms with Gasteiger partial charge < -0.3 is 10.4 Å². The lowest BCUT2D eigenvalue weighted by atomic mass is 10.1. The number of unbranched alkanes of at least 4 members (excludes halogenated alkanes) is 1. The van der Waals surface area contributed by atoms with Crippen molar-refractivity contribution in [3.05, 3.63) is 33.6 Å². The number of aliphatic carboxylic acids is 1. The summed E-state index contributed by atoms with van der Waals surface area (Å²) in [6.07, 6.45) is 2.82. The van der Waals surface area contributed by atoms with Crippen molar-refractivity contribution in [2.75, 3.05) is 0 Å². The smallest absolute Gasteiger partial charge is 0.326 e. The second kappa shape index (κ2) is 7.32. The molecule has 8 nitrogen and oxygen atoms in total. The molecule has 1 atom stereocenters. The fraction of sp³-hybridized carbons (Fsp3) is 0.462. The largest absolute Gasteiger partial charge is 0.480 e. The fourth-order valence-corrected chi connectivity index (χ4v) is 1.75. The van der Waals surface area contributed by atoms with Gasteiger partial charge in [0.1, 0.15) is 12.2 Å². The Bertz CT molecular complexity index is 559. The van der Waals surface area contributed by atoms with Crippen LogP contribution in [-0.2, 0) is 4.79 Å². The highest BCUT2D eigenvalue weighted by Gasteiger charge is 2.22. The summed E-state index contributed by atoms with van der Waals surface area (Å²) in [4.78, 5) is 37.0. The van der Waals surface area contributed by atoms with Crippen LogP contribution in [0, 0.1) is 17.0 Å². The van der Waals surface area contributed by atoms with E-state index >= 15 is 0 Å². The number of nitrogens with one attached hydrogen (secondary N) is 1. The summed E-state index contributed by atoms with van der Waals surface area (Å²) in [5.74, 6) is -1.81. The third-order valence-corrected chi connectivity index (χ3v) is 2.98. The first-order valence-electron chi connectivity index (χ1n) is 6.51. The minimum Gasteiger partial charge on any atom is -0.480 e. The number of carboxylic acid groups (broad SMARTS) is 1. The Morgan fingerprint density at radius 3 is 2.71 bits per heavy atom. The average Bonchev–Trinajstić information content (AvgIpc) is 2.42. The lowest BCUT2D eigenvalue weighted by molar-refractivity contribution is -0.385. The van der Waals surface area contributed by atoms with Crippen molar-refractivity contribution < 1.29 is 19.6 Å². The van der Waals surface area contributed by atoms with Crippen LogP contribution in [0.3, 0.4) is 0 Å². The highest BCUT2D eigenvalue weighted by molar-refractivity contribution is 5.97. The van der Waals surface area contributed by atoms with Gasteiger partial charge in [-0.15, -0.1) is 0 Å². The molecule has 21 heavy (non-hydrogen) atoms. The number of rotatable bonds is 7. The SMILES string of the molecule is CCCCC(NC(=O)c1cc([N+](=O)[O-])cnc1C)C(=O)O. The molecule has 1 unspecified atom stereocenters. The third kappa shape index (κ3) is 4.51. The van der Waals surface area contributed by atoms with E-state index in [0.717, 1.165) is 18.7 Å². The van der Waals surface area contributed by atoms with Gasteiger partial charge in [0.2, 0.25) is 0 Å². The van der Waals surface area contributed by atoms with E-state index in [4.69, 9.17) is 5.11 Å². The Morgan fingerprint density at radius 1 is 1.52 bits per heavy atom. The Kier molecular flexibility index (Phi) is 5.77. The van der Waals surface area contributed by atoms with E-state index in [0.29, 0.717) is 18.5 Å². The minimum absolute atomic E-state index is 0.00643. The normalized spacial score (nSPS) is 11.7. The zero-order valence-electron chi connectivity index (χ0n) is 11.8. The number of carboxylic acids is 1. The van der Waals surface area contributed by atoms with Crippen LogP contribution in [0.1, 0.15) is 42.2 Å². The monoisotopic (exact) mass is 295 g/mol. The predicted molar refractivity (Wildman–Crippen MR) is 74.0 cm³/mol. The van der Waals surface area contributed by atoms with Gasteiger partial charge in [-0.3, -0.25) is 19.9 Å². The molecule has 0 saturated carbocycles. The van der Waals surface area contributed by atoms with E-state index in [9.17, 15) is 19.7 Å². The molecule has 0 aliphatic heterocycles. The maximum absolute atomic E-state index is 12.1. The van der Waals surface area contributed by atoms with E-state index in [1.165, 1.54) is 6.92 Å². The zero-order chi connectivity index (χ0) is 16.0. The predicted octanol–water partition coefficient (Wildman–Crippen LogP) is 1.67. The van der Waals surface area contributed by atoms with Gasteiger partial charge in [-0.2, -0.15) is 0 Å². The fourth-order valence-electron chi connectivity index (χ4n) is 1.75. The number of carbonyl (C=O) groups excluding carboxylic acids is 1. The molecule has 2 N–H and O–H groups in total. The summed E-state index contributed by atoms with van der Waals surface area (Å²) >= 11 is 0. The molecule has 0 fully saturated rings. The number of hydrogen-bond acceptors (Lipinski definition) is 5. The lowest BCUT2D eigenvalue weighted by Gasteiger charge is -2.14. The van der Waals surface area contributed by atoms with Crippen LogP contribution in [-0.4, -0.2) is 32.9 Å². The van der Waals surface area contributed by atoms with Crippen molar-refractivity contribution in [2.24, 2.45) is 0 Å². The first kappa shape index (κ1) is 16.5. The average molecular weight is 295 g/mol. The number of nitro groups is 1. The molecule has 1 heterocycles. The van der Waals surface area contributed by atoms with Crippen LogP contribution in [0.15, 0.2) is 12.3 Å². The van der Waals surface area contributed by atoms with E-state index in [-0.39, 0.29) is 11.3 Å². The summed E-state index contributed by atoms with van der Waals surface area (Å²) < 4.78 is 0. The number of aromatic nitrogens is 1. The molecule has 0 spiro atoms. The van der Waals surface area contributed by atoms with Crippen LogP contribution in [0.5, 0.6) is 0 Å².